The predicted octanol–water partition coefficient (Wildman–Crippen LogP) is 4.84. The highest BCUT2D eigenvalue weighted by atomic mass is 32.2. The predicted molar refractivity (Wildman–Crippen MR) is 113 cm³/mol. The first kappa shape index (κ1) is 25.0. The molecule has 0 radical (unpaired) electrons. The van der Waals surface area contributed by atoms with Crippen molar-refractivity contribution in [3.05, 3.63) is 29.8 Å². The molecule has 0 spiro atoms. The van der Waals surface area contributed by atoms with E-state index in [0.717, 1.165) is 24.2 Å². The number of carbonyl (C=O) groups excluding carboxylic acids is 1. The normalized spacial score (nSPS) is 18.9. The Morgan fingerprint density at radius 2 is 1.81 bits per heavy atom. The molecule has 4 nitrogen and oxygen atoms in total. The molecule has 2 unspecified atom stereocenters. The Morgan fingerprint density at radius 1 is 1.23 bits per heavy atom. The molecule has 150 valence electrons. The van der Waals surface area contributed by atoms with Crippen LogP contribution in [0, 0.1) is 6.92 Å². The van der Waals surface area contributed by atoms with Crippen molar-refractivity contribution < 1.29 is 9.90 Å². The van der Waals surface area contributed by atoms with Crippen molar-refractivity contribution in [2.45, 2.75) is 96.7 Å². The molecule has 0 aromatic heterocycles. The molecule has 0 bridgehead atoms. The van der Waals surface area contributed by atoms with E-state index >= 15 is 0 Å². The van der Waals surface area contributed by atoms with Gasteiger partial charge in [0.2, 0.25) is 5.91 Å². The number of aryl methyl sites for hydroxylation is 1. The molecule has 0 saturated heterocycles. The van der Waals surface area contributed by atoms with Gasteiger partial charge in [0, 0.05) is 4.90 Å². The van der Waals surface area contributed by atoms with Gasteiger partial charge < -0.3 is 10.4 Å². The summed E-state index contributed by atoms with van der Waals surface area (Å²) in [6.07, 6.45) is 3.44. The summed E-state index contributed by atoms with van der Waals surface area (Å²) in [6.45, 7) is 14.0. The van der Waals surface area contributed by atoms with Crippen LogP contribution in [0.25, 0.3) is 0 Å². The standard InChI is InChI=1S/C16H24N2O2S.C3H8.C2H6/c1-11-7-4-5-10-14(11)21-18-16(2,3)15(20)17-12-8-6-9-13(12)19;1-3-2;1-2/h4-5,7,10,12-13,18-19H,6,8-9H2,1-3H3,(H,17,20);3H2,1-2H3;1-2H3. The Balaban J connectivity index is 0.00000113. The zero-order valence-corrected chi connectivity index (χ0v) is 18.4. The number of carbonyl (C=O) groups is 1. The van der Waals surface area contributed by atoms with Crippen LogP contribution in [0.1, 0.15) is 72.8 Å². The summed E-state index contributed by atoms with van der Waals surface area (Å²) >= 11 is 1.47. The van der Waals surface area contributed by atoms with Crippen molar-refractivity contribution in [3.63, 3.8) is 0 Å². The van der Waals surface area contributed by atoms with Crippen molar-refractivity contribution in [2.75, 3.05) is 0 Å². The fourth-order valence-corrected chi connectivity index (χ4v) is 3.19. The highest BCUT2D eigenvalue weighted by Crippen LogP contribution is 2.23. The topological polar surface area (TPSA) is 61.4 Å². The maximum atomic E-state index is 12.4. The summed E-state index contributed by atoms with van der Waals surface area (Å²) in [5.74, 6) is -0.0745. The monoisotopic (exact) mass is 382 g/mol. The molecule has 1 aliphatic rings. The van der Waals surface area contributed by atoms with Gasteiger partial charge in [0.15, 0.2) is 0 Å². The number of hydrogen-bond acceptors (Lipinski definition) is 4. The first-order valence-corrected chi connectivity index (χ1v) is 10.6. The minimum absolute atomic E-state index is 0.0745. The molecule has 1 saturated carbocycles. The number of aliphatic hydroxyl groups is 1. The summed E-state index contributed by atoms with van der Waals surface area (Å²) < 4.78 is 3.23. The van der Waals surface area contributed by atoms with Crippen molar-refractivity contribution in [1.29, 1.82) is 0 Å². The van der Waals surface area contributed by atoms with Gasteiger partial charge in [-0.05, 0) is 63.6 Å². The van der Waals surface area contributed by atoms with E-state index in [9.17, 15) is 9.90 Å². The Morgan fingerprint density at radius 3 is 2.31 bits per heavy atom. The van der Waals surface area contributed by atoms with E-state index in [1.165, 1.54) is 23.9 Å². The third-order valence-electron chi connectivity index (χ3n) is 3.87. The molecule has 0 heterocycles. The third kappa shape index (κ3) is 8.56. The van der Waals surface area contributed by atoms with Gasteiger partial charge in [0.1, 0.15) is 5.54 Å². The summed E-state index contributed by atoms with van der Waals surface area (Å²) in [5.41, 5.74) is 0.479. The van der Waals surface area contributed by atoms with Crippen LogP contribution in [0.15, 0.2) is 29.2 Å². The summed E-state index contributed by atoms with van der Waals surface area (Å²) in [6, 6.07) is 7.95. The van der Waals surface area contributed by atoms with Gasteiger partial charge >= 0.3 is 0 Å². The molecule has 1 fully saturated rings. The molecule has 2 rings (SSSR count). The first-order chi connectivity index (χ1) is 12.3. The smallest absolute Gasteiger partial charge is 0.240 e. The van der Waals surface area contributed by atoms with Crippen LogP contribution in [0.4, 0.5) is 0 Å². The van der Waals surface area contributed by atoms with Crippen LogP contribution in [-0.4, -0.2) is 28.7 Å². The van der Waals surface area contributed by atoms with E-state index in [4.69, 9.17) is 0 Å². The maximum absolute atomic E-state index is 12.4. The van der Waals surface area contributed by atoms with Crippen molar-refractivity contribution in [3.8, 4) is 0 Å². The molecule has 3 N–H and O–H groups in total. The van der Waals surface area contributed by atoms with Gasteiger partial charge in [-0.15, -0.1) is 0 Å². The molecule has 1 aromatic carbocycles. The summed E-state index contributed by atoms with van der Waals surface area (Å²) in [5, 5.41) is 12.8. The van der Waals surface area contributed by atoms with Crippen LogP contribution in [0.2, 0.25) is 0 Å². The highest BCUT2D eigenvalue weighted by Gasteiger charge is 2.33. The van der Waals surface area contributed by atoms with Crippen LogP contribution in [0.3, 0.4) is 0 Å². The number of aliphatic hydroxyl groups excluding tert-OH is 1. The lowest BCUT2D eigenvalue weighted by Crippen LogP contribution is -2.54. The van der Waals surface area contributed by atoms with Gasteiger partial charge in [-0.2, -0.15) is 0 Å². The Kier molecular flexibility index (Phi) is 12.7. The molecule has 5 heteroatoms. The second-order valence-electron chi connectivity index (χ2n) is 6.88. The molecular weight excluding hydrogens is 344 g/mol. The Labute approximate surface area is 164 Å². The van der Waals surface area contributed by atoms with E-state index in [2.05, 4.69) is 23.9 Å². The molecule has 2 atom stereocenters. The lowest BCUT2D eigenvalue weighted by molar-refractivity contribution is -0.127. The van der Waals surface area contributed by atoms with Gasteiger partial charge in [0.25, 0.3) is 0 Å². The lowest BCUT2D eigenvalue weighted by Gasteiger charge is -2.27. The first-order valence-electron chi connectivity index (χ1n) is 9.80. The second-order valence-corrected chi connectivity index (χ2v) is 7.73. The fourth-order valence-electron chi connectivity index (χ4n) is 2.36. The molecule has 1 aromatic rings. The molecule has 0 aliphatic heterocycles. The zero-order valence-electron chi connectivity index (χ0n) is 17.6. The molecule has 1 amide bonds. The van der Waals surface area contributed by atoms with E-state index < -0.39 is 11.6 Å². The van der Waals surface area contributed by atoms with E-state index in [1.807, 2.05) is 58.9 Å². The molecule has 1 aliphatic carbocycles. The third-order valence-corrected chi connectivity index (χ3v) is 5.16. The van der Waals surface area contributed by atoms with Gasteiger partial charge in [-0.1, -0.05) is 52.3 Å². The van der Waals surface area contributed by atoms with E-state index in [-0.39, 0.29) is 11.9 Å². The largest absolute Gasteiger partial charge is 0.391 e. The highest BCUT2D eigenvalue weighted by molar-refractivity contribution is 7.97. The second kappa shape index (κ2) is 13.2. The summed E-state index contributed by atoms with van der Waals surface area (Å²) in [4.78, 5) is 13.5. The minimum atomic E-state index is -0.699. The summed E-state index contributed by atoms with van der Waals surface area (Å²) in [7, 11) is 0. The zero-order chi connectivity index (χ0) is 20.2. The average Bonchev–Trinajstić information content (AvgIpc) is 3.01. The number of hydrogen-bond donors (Lipinski definition) is 3. The number of rotatable bonds is 5. The van der Waals surface area contributed by atoms with Gasteiger partial charge in [-0.25, -0.2) is 4.72 Å². The Bertz CT molecular complexity index is 520. The average molecular weight is 383 g/mol. The quantitative estimate of drug-likeness (QED) is 0.638. The number of benzene rings is 1. The van der Waals surface area contributed by atoms with E-state index in [0.29, 0.717) is 0 Å². The number of nitrogens with one attached hydrogen (secondary N) is 2. The molecular formula is C21H38N2O2S. The van der Waals surface area contributed by atoms with Crippen LogP contribution < -0.4 is 10.0 Å². The van der Waals surface area contributed by atoms with Crippen molar-refractivity contribution >= 4 is 17.9 Å². The molecule has 26 heavy (non-hydrogen) atoms. The van der Waals surface area contributed by atoms with Crippen LogP contribution >= 0.6 is 11.9 Å². The lowest BCUT2D eigenvalue weighted by atomic mass is 10.1. The van der Waals surface area contributed by atoms with Crippen molar-refractivity contribution in [2.24, 2.45) is 0 Å². The maximum Gasteiger partial charge on any atom is 0.240 e. The van der Waals surface area contributed by atoms with Gasteiger partial charge in [-0.3, -0.25) is 4.79 Å². The Hall–Kier alpha value is -1.04. The minimum Gasteiger partial charge on any atom is -0.391 e. The SMILES string of the molecule is CC.CCC.Cc1ccccc1SNC(C)(C)C(=O)NC1CCCC1O. The van der Waals surface area contributed by atoms with Crippen LogP contribution in [0.5, 0.6) is 0 Å². The van der Waals surface area contributed by atoms with E-state index in [1.54, 1.807) is 0 Å². The number of amides is 1. The fraction of sp³-hybridized carbons (Fsp3) is 0.667. The van der Waals surface area contributed by atoms with Crippen LogP contribution in [-0.2, 0) is 4.79 Å². The van der Waals surface area contributed by atoms with Gasteiger partial charge in [0.05, 0.1) is 12.1 Å². The van der Waals surface area contributed by atoms with Crippen molar-refractivity contribution in [1.82, 2.24) is 10.0 Å².